The number of aliphatic carboxylic acids is 1. The number of aliphatic hydroxyl groups excluding tert-OH is 1. The maximum absolute atomic E-state index is 11.7. The Bertz CT molecular complexity index is 282. The molecule has 0 radical (unpaired) electrons. The van der Waals surface area contributed by atoms with Crippen molar-refractivity contribution in [2.24, 2.45) is 29.1 Å². The minimum Gasteiger partial charge on any atom is -0.481 e. The molecule has 3 nitrogen and oxygen atoms in total. The first-order chi connectivity index (χ1) is 7.66. The van der Waals surface area contributed by atoms with Gasteiger partial charge in [0.15, 0.2) is 0 Å². The van der Waals surface area contributed by atoms with Gasteiger partial charge in [0.05, 0.1) is 5.41 Å². The Morgan fingerprint density at radius 2 is 1.56 bits per heavy atom. The van der Waals surface area contributed by atoms with Crippen LogP contribution in [-0.2, 0) is 4.79 Å². The fourth-order valence-corrected chi connectivity index (χ4v) is 5.07. The molecule has 0 aliphatic heterocycles. The second-order valence-corrected chi connectivity index (χ2v) is 6.12. The maximum Gasteiger partial charge on any atom is 0.310 e. The van der Waals surface area contributed by atoms with Crippen LogP contribution in [-0.4, -0.2) is 22.8 Å². The average molecular weight is 224 g/mol. The van der Waals surface area contributed by atoms with Gasteiger partial charge in [-0.25, -0.2) is 0 Å². The van der Waals surface area contributed by atoms with Crippen molar-refractivity contribution in [2.45, 2.75) is 38.5 Å². The SMILES string of the molecule is O=C(O)C1(CCO)C2CC3CC(C2)CC1C3. The van der Waals surface area contributed by atoms with Gasteiger partial charge in [-0.15, -0.1) is 0 Å². The molecular weight excluding hydrogens is 204 g/mol. The first-order valence-corrected chi connectivity index (χ1v) is 6.51. The van der Waals surface area contributed by atoms with Crippen molar-refractivity contribution in [1.29, 1.82) is 0 Å². The summed E-state index contributed by atoms with van der Waals surface area (Å²) >= 11 is 0. The quantitative estimate of drug-likeness (QED) is 0.769. The van der Waals surface area contributed by atoms with Gasteiger partial charge in [-0.2, -0.15) is 0 Å². The lowest BCUT2D eigenvalue weighted by Crippen LogP contribution is -2.57. The van der Waals surface area contributed by atoms with E-state index in [0.29, 0.717) is 18.3 Å². The second-order valence-electron chi connectivity index (χ2n) is 6.12. The summed E-state index contributed by atoms with van der Waals surface area (Å²) in [5.41, 5.74) is -0.581. The third kappa shape index (κ3) is 1.21. The number of carboxylic acids is 1. The van der Waals surface area contributed by atoms with Gasteiger partial charge < -0.3 is 10.2 Å². The highest BCUT2D eigenvalue weighted by Crippen LogP contribution is 2.63. The Morgan fingerprint density at radius 3 is 1.94 bits per heavy atom. The molecule has 0 amide bonds. The highest BCUT2D eigenvalue weighted by Gasteiger charge is 2.60. The summed E-state index contributed by atoms with van der Waals surface area (Å²) in [5.74, 6) is 1.61. The Balaban J connectivity index is 1.96. The second kappa shape index (κ2) is 3.46. The van der Waals surface area contributed by atoms with Gasteiger partial charge in [-0.05, 0) is 62.2 Å². The molecule has 0 aromatic carbocycles. The van der Waals surface area contributed by atoms with Crippen LogP contribution in [0.2, 0.25) is 0 Å². The van der Waals surface area contributed by atoms with Gasteiger partial charge in [0.1, 0.15) is 0 Å². The average Bonchev–Trinajstić information content (AvgIpc) is 2.22. The molecule has 3 heteroatoms. The van der Waals surface area contributed by atoms with Crippen LogP contribution in [0.1, 0.15) is 38.5 Å². The van der Waals surface area contributed by atoms with Gasteiger partial charge >= 0.3 is 5.97 Å². The predicted molar refractivity (Wildman–Crippen MR) is 58.8 cm³/mol. The topological polar surface area (TPSA) is 57.5 Å². The molecular formula is C13H20O3. The van der Waals surface area contributed by atoms with Crippen LogP contribution >= 0.6 is 0 Å². The van der Waals surface area contributed by atoms with Crippen LogP contribution in [0.4, 0.5) is 0 Å². The van der Waals surface area contributed by atoms with E-state index in [0.717, 1.165) is 37.5 Å². The molecule has 0 aromatic rings. The summed E-state index contributed by atoms with van der Waals surface area (Å²) < 4.78 is 0. The number of hydrogen-bond acceptors (Lipinski definition) is 2. The summed E-state index contributed by atoms with van der Waals surface area (Å²) in [5, 5.41) is 18.8. The molecule has 90 valence electrons. The molecule has 4 bridgehead atoms. The van der Waals surface area contributed by atoms with Crippen LogP contribution in [0.25, 0.3) is 0 Å². The molecule has 4 aliphatic rings. The van der Waals surface area contributed by atoms with E-state index in [1.165, 1.54) is 6.42 Å². The standard InChI is InChI=1S/C13H20O3/c14-2-1-13(12(15)16)10-4-8-3-9(6-10)7-11(13)5-8/h8-11,14H,1-7H2,(H,15,16). The predicted octanol–water partition coefficient (Wildman–Crippen LogP) is 1.90. The Morgan fingerprint density at radius 1 is 1.06 bits per heavy atom. The molecule has 4 aliphatic carbocycles. The van der Waals surface area contributed by atoms with Crippen molar-refractivity contribution < 1.29 is 15.0 Å². The Labute approximate surface area is 95.9 Å². The van der Waals surface area contributed by atoms with E-state index < -0.39 is 11.4 Å². The first-order valence-electron chi connectivity index (χ1n) is 6.51. The van der Waals surface area contributed by atoms with Crippen LogP contribution in [0.3, 0.4) is 0 Å². The van der Waals surface area contributed by atoms with Crippen LogP contribution in [0.15, 0.2) is 0 Å². The Kier molecular flexibility index (Phi) is 2.29. The van der Waals surface area contributed by atoms with Crippen molar-refractivity contribution in [3.63, 3.8) is 0 Å². The summed E-state index contributed by atoms with van der Waals surface area (Å²) in [6.45, 7) is 0.0225. The van der Waals surface area contributed by atoms with E-state index in [9.17, 15) is 15.0 Å². The molecule has 4 rings (SSSR count). The lowest BCUT2D eigenvalue weighted by atomic mass is 9.44. The van der Waals surface area contributed by atoms with Crippen molar-refractivity contribution in [1.82, 2.24) is 0 Å². The lowest BCUT2D eigenvalue weighted by Gasteiger charge is -2.59. The summed E-state index contributed by atoms with van der Waals surface area (Å²) in [7, 11) is 0. The van der Waals surface area contributed by atoms with Gasteiger partial charge in [-0.1, -0.05) is 0 Å². The molecule has 0 atom stereocenters. The third-order valence-corrected chi connectivity index (χ3v) is 5.52. The molecule has 4 saturated carbocycles. The van der Waals surface area contributed by atoms with Crippen molar-refractivity contribution in [3.05, 3.63) is 0 Å². The van der Waals surface area contributed by atoms with E-state index in [1.807, 2.05) is 0 Å². The number of carboxylic acid groups (broad SMARTS) is 1. The third-order valence-electron chi connectivity index (χ3n) is 5.52. The fourth-order valence-electron chi connectivity index (χ4n) is 5.07. The summed E-state index contributed by atoms with van der Waals surface area (Å²) in [4.78, 5) is 11.7. The van der Waals surface area contributed by atoms with Gasteiger partial charge in [0.25, 0.3) is 0 Å². The number of rotatable bonds is 3. The summed E-state index contributed by atoms with van der Waals surface area (Å²) in [6.07, 6.45) is 6.19. The van der Waals surface area contributed by atoms with Crippen molar-refractivity contribution in [2.75, 3.05) is 6.61 Å². The zero-order valence-electron chi connectivity index (χ0n) is 9.56. The first kappa shape index (κ1) is 10.6. The minimum atomic E-state index is -0.643. The van der Waals surface area contributed by atoms with Crippen LogP contribution in [0, 0.1) is 29.1 Å². The Hall–Kier alpha value is -0.570. The van der Waals surface area contributed by atoms with Crippen LogP contribution in [0.5, 0.6) is 0 Å². The monoisotopic (exact) mass is 224 g/mol. The molecule has 16 heavy (non-hydrogen) atoms. The largest absolute Gasteiger partial charge is 0.481 e. The van der Waals surface area contributed by atoms with E-state index >= 15 is 0 Å². The molecule has 2 N–H and O–H groups in total. The van der Waals surface area contributed by atoms with Gasteiger partial charge in [-0.3, -0.25) is 4.79 Å². The van der Waals surface area contributed by atoms with E-state index in [4.69, 9.17) is 0 Å². The number of carbonyl (C=O) groups is 1. The van der Waals surface area contributed by atoms with Gasteiger partial charge in [0.2, 0.25) is 0 Å². The highest BCUT2D eigenvalue weighted by molar-refractivity contribution is 5.76. The fraction of sp³-hybridized carbons (Fsp3) is 0.923. The molecule has 0 aromatic heterocycles. The van der Waals surface area contributed by atoms with E-state index in [1.54, 1.807) is 0 Å². The minimum absolute atomic E-state index is 0.0225. The molecule has 0 spiro atoms. The number of aliphatic hydroxyl groups is 1. The molecule has 0 heterocycles. The summed E-state index contributed by atoms with van der Waals surface area (Å²) in [6, 6.07) is 0. The van der Waals surface area contributed by atoms with Crippen LogP contribution < -0.4 is 0 Å². The lowest BCUT2D eigenvalue weighted by molar-refractivity contribution is -0.180. The maximum atomic E-state index is 11.7. The normalized spacial score (nSPS) is 49.6. The molecule has 4 fully saturated rings. The number of hydrogen-bond donors (Lipinski definition) is 2. The van der Waals surface area contributed by atoms with Crippen molar-refractivity contribution >= 4 is 5.97 Å². The highest BCUT2D eigenvalue weighted by atomic mass is 16.4. The van der Waals surface area contributed by atoms with Gasteiger partial charge in [0, 0.05) is 6.61 Å². The van der Waals surface area contributed by atoms with E-state index in [2.05, 4.69) is 0 Å². The zero-order valence-corrected chi connectivity index (χ0v) is 9.56. The van der Waals surface area contributed by atoms with Crippen molar-refractivity contribution in [3.8, 4) is 0 Å². The zero-order chi connectivity index (χ0) is 11.3. The molecule has 0 saturated heterocycles. The smallest absolute Gasteiger partial charge is 0.310 e. The van der Waals surface area contributed by atoms with E-state index in [-0.39, 0.29) is 6.61 Å². The molecule has 0 unspecified atom stereocenters.